The summed E-state index contributed by atoms with van der Waals surface area (Å²) < 4.78 is 1.77. The number of rotatable bonds is 3. The largest absolute Gasteiger partial charge is 0.393 e. The number of hydrogen-bond donors (Lipinski definition) is 3. The summed E-state index contributed by atoms with van der Waals surface area (Å²) in [6, 6.07) is 7.42. The van der Waals surface area contributed by atoms with E-state index in [0.717, 1.165) is 48.4 Å². The molecule has 0 bridgehead atoms. The van der Waals surface area contributed by atoms with Gasteiger partial charge >= 0.3 is 0 Å². The number of aliphatic hydroxyl groups is 1. The highest BCUT2D eigenvalue weighted by Crippen LogP contribution is 2.23. The number of aromatic nitrogens is 4. The third-order valence-corrected chi connectivity index (χ3v) is 4.49. The van der Waals surface area contributed by atoms with Gasteiger partial charge in [-0.3, -0.25) is 4.79 Å². The minimum atomic E-state index is -0.168. The molecule has 1 aliphatic rings. The molecule has 1 saturated carbocycles. The lowest BCUT2D eigenvalue weighted by molar-refractivity contribution is 0.126. The van der Waals surface area contributed by atoms with E-state index in [-0.39, 0.29) is 11.7 Å². The van der Waals surface area contributed by atoms with Crippen molar-refractivity contribution in [3.05, 3.63) is 47.0 Å². The highest BCUT2D eigenvalue weighted by molar-refractivity contribution is 5.62. The molecule has 0 unspecified atom stereocenters. The summed E-state index contributed by atoms with van der Waals surface area (Å²) >= 11 is 0. The molecule has 3 N–H and O–H groups in total. The van der Waals surface area contributed by atoms with Crippen LogP contribution in [-0.2, 0) is 0 Å². The number of aromatic amines is 1. The molecule has 3 heterocycles. The lowest BCUT2D eigenvalue weighted by atomic mass is 9.93. The van der Waals surface area contributed by atoms with Crippen LogP contribution in [0.1, 0.15) is 25.7 Å². The SMILES string of the molecule is O=c1ccc(-c2cnc3ccc(NC4CCC(O)CC4)nn23)c[nH]1. The molecule has 0 spiro atoms. The van der Waals surface area contributed by atoms with E-state index in [1.807, 2.05) is 12.1 Å². The van der Waals surface area contributed by atoms with Gasteiger partial charge in [-0.1, -0.05) is 0 Å². The number of H-pyrrole nitrogens is 1. The molecule has 3 aromatic rings. The van der Waals surface area contributed by atoms with Crippen molar-refractivity contribution in [2.75, 3.05) is 5.32 Å². The fourth-order valence-corrected chi connectivity index (χ4v) is 3.15. The van der Waals surface area contributed by atoms with Gasteiger partial charge in [0.05, 0.1) is 18.0 Å². The van der Waals surface area contributed by atoms with Crippen LogP contribution >= 0.6 is 0 Å². The van der Waals surface area contributed by atoms with Gasteiger partial charge < -0.3 is 15.4 Å². The molecule has 0 aliphatic heterocycles. The molecule has 1 aliphatic carbocycles. The maximum Gasteiger partial charge on any atom is 0.247 e. The van der Waals surface area contributed by atoms with E-state index in [0.29, 0.717) is 6.04 Å². The van der Waals surface area contributed by atoms with Crippen molar-refractivity contribution in [3.63, 3.8) is 0 Å². The molecule has 0 radical (unpaired) electrons. The van der Waals surface area contributed by atoms with Crippen LogP contribution in [0.4, 0.5) is 5.82 Å². The summed E-state index contributed by atoms with van der Waals surface area (Å²) in [5, 5.41) is 17.7. The minimum absolute atomic E-state index is 0.137. The van der Waals surface area contributed by atoms with E-state index >= 15 is 0 Å². The van der Waals surface area contributed by atoms with E-state index in [1.165, 1.54) is 6.07 Å². The number of pyridine rings is 1. The topological polar surface area (TPSA) is 95.3 Å². The third kappa shape index (κ3) is 2.90. The molecule has 7 heteroatoms. The van der Waals surface area contributed by atoms with Crippen LogP contribution < -0.4 is 10.9 Å². The molecular formula is C17H19N5O2. The first-order chi connectivity index (χ1) is 11.7. The molecule has 3 aromatic heterocycles. The Morgan fingerprint density at radius 1 is 1.17 bits per heavy atom. The molecule has 4 rings (SSSR count). The fraction of sp³-hybridized carbons (Fsp3) is 0.353. The Kier molecular flexibility index (Phi) is 3.78. The smallest absolute Gasteiger partial charge is 0.247 e. The molecule has 0 aromatic carbocycles. The maximum absolute atomic E-state index is 11.2. The van der Waals surface area contributed by atoms with Crippen LogP contribution in [0.15, 0.2) is 41.5 Å². The number of hydrogen-bond acceptors (Lipinski definition) is 5. The van der Waals surface area contributed by atoms with Crippen LogP contribution in [0.5, 0.6) is 0 Å². The number of nitrogens with zero attached hydrogens (tertiary/aromatic N) is 3. The minimum Gasteiger partial charge on any atom is -0.393 e. The molecule has 0 saturated heterocycles. The first-order valence-electron chi connectivity index (χ1n) is 8.17. The Balaban J connectivity index is 1.63. The number of nitrogens with one attached hydrogen (secondary N) is 2. The van der Waals surface area contributed by atoms with E-state index in [9.17, 15) is 9.90 Å². The van der Waals surface area contributed by atoms with Crippen molar-refractivity contribution in [3.8, 4) is 11.3 Å². The maximum atomic E-state index is 11.2. The number of fused-ring (bicyclic) bond motifs is 1. The first kappa shape index (κ1) is 14.9. The normalized spacial score (nSPS) is 21.0. The van der Waals surface area contributed by atoms with Crippen LogP contribution in [0.25, 0.3) is 16.9 Å². The van der Waals surface area contributed by atoms with Gasteiger partial charge in [0.15, 0.2) is 5.65 Å². The van der Waals surface area contributed by atoms with E-state index in [2.05, 4.69) is 20.4 Å². The molecule has 0 amide bonds. The van der Waals surface area contributed by atoms with Crippen molar-refractivity contribution in [1.29, 1.82) is 0 Å². The summed E-state index contributed by atoms with van der Waals surface area (Å²) in [5.74, 6) is 0.785. The predicted molar refractivity (Wildman–Crippen MR) is 90.9 cm³/mol. The van der Waals surface area contributed by atoms with Gasteiger partial charge in [-0.15, -0.1) is 5.10 Å². The zero-order chi connectivity index (χ0) is 16.5. The van der Waals surface area contributed by atoms with E-state index in [1.54, 1.807) is 23.0 Å². The number of aliphatic hydroxyl groups excluding tert-OH is 1. The van der Waals surface area contributed by atoms with Gasteiger partial charge in [-0.2, -0.15) is 0 Å². The standard InChI is InChI=1S/C17H19N5O2/c23-13-4-2-12(3-5-13)20-15-6-7-16-18-10-14(22(16)21-15)11-1-8-17(24)19-9-11/h1,6-10,12-13,23H,2-5H2,(H,19,24)(H,20,21). The first-order valence-corrected chi connectivity index (χ1v) is 8.17. The van der Waals surface area contributed by atoms with Gasteiger partial charge in [0, 0.05) is 23.9 Å². The summed E-state index contributed by atoms with van der Waals surface area (Å²) in [5.41, 5.74) is 2.29. The quantitative estimate of drug-likeness (QED) is 0.682. The van der Waals surface area contributed by atoms with Crippen molar-refractivity contribution in [2.24, 2.45) is 0 Å². The highest BCUT2D eigenvalue weighted by Gasteiger charge is 2.19. The molecular weight excluding hydrogens is 306 g/mol. The second-order valence-corrected chi connectivity index (χ2v) is 6.22. The average Bonchev–Trinajstić information content (AvgIpc) is 3.01. The van der Waals surface area contributed by atoms with Crippen LogP contribution in [0, 0.1) is 0 Å². The van der Waals surface area contributed by atoms with Gasteiger partial charge in [0.1, 0.15) is 5.82 Å². The van der Waals surface area contributed by atoms with Gasteiger partial charge in [-0.25, -0.2) is 9.50 Å². The second kappa shape index (κ2) is 6.09. The monoisotopic (exact) mass is 325 g/mol. The fourth-order valence-electron chi connectivity index (χ4n) is 3.15. The Bertz CT molecular complexity index is 888. The summed E-state index contributed by atoms with van der Waals surface area (Å²) in [6.07, 6.45) is 6.78. The summed E-state index contributed by atoms with van der Waals surface area (Å²) in [7, 11) is 0. The van der Waals surface area contributed by atoms with Crippen molar-refractivity contribution in [2.45, 2.75) is 37.8 Å². The molecule has 1 fully saturated rings. The lowest BCUT2D eigenvalue weighted by Crippen LogP contribution is -2.28. The molecule has 124 valence electrons. The van der Waals surface area contributed by atoms with Gasteiger partial charge in [-0.05, 0) is 43.9 Å². The molecule has 7 nitrogen and oxygen atoms in total. The van der Waals surface area contributed by atoms with E-state index in [4.69, 9.17) is 0 Å². The zero-order valence-corrected chi connectivity index (χ0v) is 13.1. The number of anilines is 1. The third-order valence-electron chi connectivity index (χ3n) is 4.49. The van der Waals surface area contributed by atoms with Crippen LogP contribution in [0.3, 0.4) is 0 Å². The number of imidazole rings is 1. The Hall–Kier alpha value is -2.67. The van der Waals surface area contributed by atoms with Crippen molar-refractivity contribution in [1.82, 2.24) is 19.6 Å². The van der Waals surface area contributed by atoms with E-state index < -0.39 is 0 Å². The Morgan fingerprint density at radius 2 is 2.00 bits per heavy atom. The molecule has 24 heavy (non-hydrogen) atoms. The Labute approximate surface area is 138 Å². The zero-order valence-electron chi connectivity index (χ0n) is 13.1. The summed E-state index contributed by atoms with van der Waals surface area (Å²) in [4.78, 5) is 18.3. The summed E-state index contributed by atoms with van der Waals surface area (Å²) in [6.45, 7) is 0. The van der Waals surface area contributed by atoms with Crippen LogP contribution in [0.2, 0.25) is 0 Å². The van der Waals surface area contributed by atoms with Gasteiger partial charge in [0.2, 0.25) is 5.56 Å². The second-order valence-electron chi connectivity index (χ2n) is 6.22. The lowest BCUT2D eigenvalue weighted by Gasteiger charge is -2.26. The van der Waals surface area contributed by atoms with Crippen LogP contribution in [-0.4, -0.2) is 36.8 Å². The van der Waals surface area contributed by atoms with Crippen molar-refractivity contribution >= 4 is 11.5 Å². The van der Waals surface area contributed by atoms with Gasteiger partial charge in [0.25, 0.3) is 0 Å². The molecule has 0 atom stereocenters. The Morgan fingerprint density at radius 3 is 2.75 bits per heavy atom. The highest BCUT2D eigenvalue weighted by atomic mass is 16.3. The van der Waals surface area contributed by atoms with Crippen molar-refractivity contribution < 1.29 is 5.11 Å². The average molecular weight is 325 g/mol. The predicted octanol–water partition coefficient (Wildman–Crippen LogP) is 1.80.